The maximum atomic E-state index is 12.1. The second-order valence-electron chi connectivity index (χ2n) is 6.01. The van der Waals surface area contributed by atoms with Crippen molar-refractivity contribution in [1.29, 1.82) is 0 Å². The highest BCUT2D eigenvalue weighted by atomic mass is 16.3. The quantitative estimate of drug-likeness (QED) is 0.740. The van der Waals surface area contributed by atoms with E-state index in [2.05, 4.69) is 4.98 Å². The molecule has 0 spiro atoms. The topological polar surface area (TPSA) is 76.6 Å². The highest BCUT2D eigenvalue weighted by Gasteiger charge is 2.24. The summed E-state index contributed by atoms with van der Waals surface area (Å²) in [6.45, 7) is 2.60. The van der Waals surface area contributed by atoms with E-state index in [1.165, 1.54) is 0 Å². The van der Waals surface area contributed by atoms with Crippen LogP contribution in [0.15, 0.2) is 35.1 Å². The molecule has 0 amide bonds. The third-order valence-corrected chi connectivity index (χ3v) is 3.69. The van der Waals surface area contributed by atoms with Crippen molar-refractivity contribution >= 4 is 10.9 Å². The number of fused-ring (bicyclic) bond motifs is 1. The average Bonchev–Trinajstić information content (AvgIpc) is 2.47. The first kappa shape index (κ1) is 15.7. The standard InChI is InChI=1S/C16H22N2O3/c1-16(10-19,11-20)9-18(2)8-13-7-12-5-3-4-6-14(12)17-15(13)21/h3-7,19-20H,8-11H2,1-2H3,(H,17,21). The first-order chi connectivity index (χ1) is 9.97. The van der Waals surface area contributed by atoms with E-state index in [4.69, 9.17) is 0 Å². The molecule has 0 saturated carbocycles. The van der Waals surface area contributed by atoms with Crippen molar-refractivity contribution in [2.45, 2.75) is 13.5 Å². The molecule has 1 aromatic heterocycles. The van der Waals surface area contributed by atoms with E-state index in [9.17, 15) is 15.0 Å². The third-order valence-electron chi connectivity index (χ3n) is 3.69. The predicted octanol–water partition coefficient (Wildman–Crippen LogP) is 0.951. The fourth-order valence-electron chi connectivity index (χ4n) is 2.46. The molecule has 0 bridgehead atoms. The number of hydrogen-bond donors (Lipinski definition) is 3. The summed E-state index contributed by atoms with van der Waals surface area (Å²) in [5.41, 5.74) is 0.826. The average molecular weight is 290 g/mol. The number of hydrogen-bond acceptors (Lipinski definition) is 4. The number of nitrogens with one attached hydrogen (secondary N) is 1. The van der Waals surface area contributed by atoms with Gasteiger partial charge in [0, 0.05) is 29.6 Å². The summed E-state index contributed by atoms with van der Waals surface area (Å²) in [6, 6.07) is 9.54. The minimum Gasteiger partial charge on any atom is -0.396 e. The molecule has 0 fully saturated rings. The molecular formula is C16H22N2O3. The van der Waals surface area contributed by atoms with Gasteiger partial charge in [-0.05, 0) is 24.6 Å². The zero-order valence-corrected chi connectivity index (χ0v) is 12.5. The fraction of sp³-hybridized carbons (Fsp3) is 0.438. The molecule has 1 heterocycles. The minimum absolute atomic E-state index is 0.0953. The molecule has 0 saturated heterocycles. The van der Waals surface area contributed by atoms with Crippen LogP contribution in [0.1, 0.15) is 12.5 Å². The molecule has 2 rings (SSSR count). The molecule has 0 radical (unpaired) electrons. The number of H-pyrrole nitrogens is 1. The first-order valence-corrected chi connectivity index (χ1v) is 6.99. The van der Waals surface area contributed by atoms with Gasteiger partial charge in [-0.3, -0.25) is 4.79 Å². The zero-order valence-electron chi connectivity index (χ0n) is 12.5. The Kier molecular flexibility index (Phi) is 4.77. The van der Waals surface area contributed by atoms with Gasteiger partial charge in [0.25, 0.3) is 5.56 Å². The van der Waals surface area contributed by atoms with Crippen LogP contribution in [0.2, 0.25) is 0 Å². The lowest BCUT2D eigenvalue weighted by Gasteiger charge is -2.30. The lowest BCUT2D eigenvalue weighted by molar-refractivity contribution is 0.0401. The van der Waals surface area contributed by atoms with Gasteiger partial charge in [-0.25, -0.2) is 0 Å². The van der Waals surface area contributed by atoms with Crippen LogP contribution >= 0.6 is 0 Å². The van der Waals surface area contributed by atoms with Crippen molar-refractivity contribution in [3.05, 3.63) is 46.2 Å². The van der Waals surface area contributed by atoms with Crippen LogP contribution < -0.4 is 5.56 Å². The highest BCUT2D eigenvalue weighted by Crippen LogP contribution is 2.17. The summed E-state index contributed by atoms with van der Waals surface area (Å²) >= 11 is 0. The number of aromatic nitrogens is 1. The van der Waals surface area contributed by atoms with Crippen LogP contribution in [0.3, 0.4) is 0 Å². The second kappa shape index (κ2) is 6.39. The molecule has 0 aliphatic rings. The number of pyridine rings is 1. The molecule has 0 atom stereocenters. The van der Waals surface area contributed by atoms with Crippen LogP contribution in [-0.4, -0.2) is 46.9 Å². The van der Waals surface area contributed by atoms with Gasteiger partial charge in [0.2, 0.25) is 0 Å². The maximum absolute atomic E-state index is 12.1. The zero-order chi connectivity index (χ0) is 15.5. The molecule has 1 aromatic carbocycles. The summed E-state index contributed by atoms with van der Waals surface area (Å²) < 4.78 is 0. The van der Waals surface area contributed by atoms with Crippen molar-refractivity contribution in [2.24, 2.45) is 5.41 Å². The predicted molar refractivity (Wildman–Crippen MR) is 83.2 cm³/mol. The number of nitrogens with zero attached hydrogens (tertiary/aromatic N) is 1. The maximum Gasteiger partial charge on any atom is 0.252 e. The lowest BCUT2D eigenvalue weighted by atomic mass is 9.92. The lowest BCUT2D eigenvalue weighted by Crippen LogP contribution is -2.39. The van der Waals surface area contributed by atoms with Gasteiger partial charge in [-0.15, -0.1) is 0 Å². The normalized spacial score (nSPS) is 12.2. The summed E-state index contributed by atoms with van der Waals surface area (Å²) in [4.78, 5) is 16.9. The number of benzene rings is 1. The molecular weight excluding hydrogens is 268 g/mol. The molecule has 114 valence electrons. The number of aliphatic hydroxyl groups excluding tert-OH is 2. The second-order valence-corrected chi connectivity index (χ2v) is 6.01. The Labute approximate surface area is 123 Å². The number of rotatable bonds is 6. The van der Waals surface area contributed by atoms with E-state index in [0.717, 1.165) is 10.9 Å². The van der Waals surface area contributed by atoms with Crippen LogP contribution in [0.25, 0.3) is 10.9 Å². The van der Waals surface area contributed by atoms with E-state index in [1.807, 2.05) is 49.2 Å². The third kappa shape index (κ3) is 3.69. The molecule has 0 unspecified atom stereocenters. The summed E-state index contributed by atoms with van der Waals surface area (Å²) in [5, 5.41) is 19.7. The summed E-state index contributed by atoms with van der Waals surface area (Å²) in [6.07, 6.45) is 0. The van der Waals surface area contributed by atoms with Crippen molar-refractivity contribution in [1.82, 2.24) is 9.88 Å². The van der Waals surface area contributed by atoms with E-state index < -0.39 is 5.41 Å². The Bertz CT molecular complexity index is 662. The van der Waals surface area contributed by atoms with Gasteiger partial charge in [-0.2, -0.15) is 0 Å². The molecule has 0 aliphatic carbocycles. The van der Waals surface area contributed by atoms with Crippen LogP contribution in [0.5, 0.6) is 0 Å². The van der Waals surface area contributed by atoms with Gasteiger partial charge in [0.15, 0.2) is 0 Å². The van der Waals surface area contributed by atoms with E-state index in [0.29, 0.717) is 18.7 Å². The van der Waals surface area contributed by atoms with Crippen molar-refractivity contribution in [3.8, 4) is 0 Å². The molecule has 5 nitrogen and oxygen atoms in total. The van der Waals surface area contributed by atoms with Gasteiger partial charge in [0.1, 0.15) is 0 Å². The van der Waals surface area contributed by atoms with Crippen molar-refractivity contribution < 1.29 is 10.2 Å². The Hall–Kier alpha value is -1.69. The minimum atomic E-state index is -0.571. The van der Waals surface area contributed by atoms with E-state index in [1.54, 1.807) is 0 Å². The SMILES string of the molecule is CN(Cc1cc2ccccc2[nH]c1=O)CC(C)(CO)CO. The molecule has 21 heavy (non-hydrogen) atoms. The van der Waals surface area contributed by atoms with Gasteiger partial charge in [-0.1, -0.05) is 25.1 Å². The Morgan fingerprint density at radius 3 is 2.57 bits per heavy atom. The van der Waals surface area contributed by atoms with Crippen LogP contribution in [0, 0.1) is 5.41 Å². The number of aromatic amines is 1. The number of para-hydroxylation sites is 1. The monoisotopic (exact) mass is 290 g/mol. The molecule has 3 N–H and O–H groups in total. The van der Waals surface area contributed by atoms with Gasteiger partial charge >= 0.3 is 0 Å². The van der Waals surface area contributed by atoms with Crippen molar-refractivity contribution in [2.75, 3.05) is 26.8 Å². The number of aliphatic hydroxyl groups is 2. The largest absolute Gasteiger partial charge is 0.396 e. The first-order valence-electron chi connectivity index (χ1n) is 6.99. The smallest absolute Gasteiger partial charge is 0.252 e. The Morgan fingerprint density at radius 1 is 1.24 bits per heavy atom. The van der Waals surface area contributed by atoms with Crippen LogP contribution in [0.4, 0.5) is 0 Å². The van der Waals surface area contributed by atoms with Crippen molar-refractivity contribution in [3.63, 3.8) is 0 Å². The Morgan fingerprint density at radius 2 is 1.90 bits per heavy atom. The highest BCUT2D eigenvalue weighted by molar-refractivity contribution is 5.78. The van der Waals surface area contributed by atoms with E-state index >= 15 is 0 Å². The molecule has 2 aromatic rings. The van der Waals surface area contributed by atoms with Crippen LogP contribution in [-0.2, 0) is 6.54 Å². The van der Waals surface area contributed by atoms with Gasteiger partial charge in [0.05, 0.1) is 13.2 Å². The van der Waals surface area contributed by atoms with Gasteiger partial charge < -0.3 is 20.1 Å². The summed E-state index contributed by atoms with van der Waals surface area (Å²) in [5.74, 6) is 0. The summed E-state index contributed by atoms with van der Waals surface area (Å²) in [7, 11) is 1.87. The molecule has 0 aliphatic heterocycles. The fourth-order valence-corrected chi connectivity index (χ4v) is 2.46. The molecule has 5 heteroatoms. The van der Waals surface area contributed by atoms with E-state index in [-0.39, 0.29) is 18.8 Å². The Balaban J connectivity index is 2.19.